The van der Waals surface area contributed by atoms with Crippen LogP contribution in [0.5, 0.6) is 0 Å². The van der Waals surface area contributed by atoms with Gasteiger partial charge >= 0.3 is 0 Å². The first-order valence-electron chi connectivity index (χ1n) is 6.20. The summed E-state index contributed by atoms with van der Waals surface area (Å²) in [5, 5.41) is 0. The highest BCUT2D eigenvalue weighted by atomic mass is 15.1. The van der Waals surface area contributed by atoms with Crippen molar-refractivity contribution in [2.75, 3.05) is 18.0 Å². The zero-order chi connectivity index (χ0) is 12.1. The van der Waals surface area contributed by atoms with Gasteiger partial charge in [0.2, 0.25) is 0 Å². The lowest BCUT2D eigenvalue weighted by molar-refractivity contribution is 0.826. The fourth-order valence-electron chi connectivity index (χ4n) is 2.05. The first-order valence-corrected chi connectivity index (χ1v) is 6.20. The second-order valence-corrected chi connectivity index (χ2v) is 4.49. The van der Waals surface area contributed by atoms with Crippen molar-refractivity contribution in [3.8, 4) is 0 Å². The van der Waals surface area contributed by atoms with Gasteiger partial charge in [-0.05, 0) is 49.6 Å². The van der Waals surface area contributed by atoms with Gasteiger partial charge in [0.25, 0.3) is 0 Å². The van der Waals surface area contributed by atoms with E-state index in [1.165, 1.54) is 16.8 Å². The summed E-state index contributed by atoms with van der Waals surface area (Å²) in [5.41, 5.74) is 9.47. The molecule has 0 unspecified atom stereocenters. The van der Waals surface area contributed by atoms with Gasteiger partial charge in [0.05, 0.1) is 0 Å². The Hall–Kier alpha value is -1.54. The summed E-state index contributed by atoms with van der Waals surface area (Å²) in [6.45, 7) is 3.84. The zero-order valence-electron chi connectivity index (χ0n) is 10.4. The number of anilines is 1. The third-order valence-electron chi connectivity index (χ3n) is 2.96. The molecule has 1 heterocycles. The summed E-state index contributed by atoms with van der Waals surface area (Å²) in [6, 6.07) is 8.61. The van der Waals surface area contributed by atoms with E-state index in [9.17, 15) is 0 Å². The molecule has 0 amide bonds. The summed E-state index contributed by atoms with van der Waals surface area (Å²) in [5.74, 6) is 0. The first-order chi connectivity index (χ1) is 8.29. The quantitative estimate of drug-likeness (QED) is 0.858. The second-order valence-electron chi connectivity index (χ2n) is 4.49. The molecule has 2 rings (SSSR count). The van der Waals surface area contributed by atoms with Crippen LogP contribution in [0.15, 0.2) is 48.2 Å². The largest absolute Gasteiger partial charge is 0.344 e. The van der Waals surface area contributed by atoms with Gasteiger partial charge in [0.15, 0.2) is 0 Å². The highest BCUT2D eigenvalue weighted by Crippen LogP contribution is 2.21. The maximum atomic E-state index is 5.55. The normalized spacial score (nSPS) is 14.9. The second kappa shape index (κ2) is 5.69. The van der Waals surface area contributed by atoms with Crippen LogP contribution in [0.3, 0.4) is 0 Å². The summed E-state index contributed by atoms with van der Waals surface area (Å²) in [6.07, 6.45) is 8.79. The predicted molar refractivity (Wildman–Crippen MR) is 74.0 cm³/mol. The molecule has 2 N–H and O–H groups in total. The fourth-order valence-corrected chi connectivity index (χ4v) is 2.05. The van der Waals surface area contributed by atoms with E-state index < -0.39 is 0 Å². The van der Waals surface area contributed by atoms with Crippen molar-refractivity contribution in [3.63, 3.8) is 0 Å². The molecular weight excluding hydrogens is 208 g/mol. The minimum absolute atomic E-state index is 0.760. The molecule has 0 fully saturated rings. The van der Waals surface area contributed by atoms with E-state index in [-0.39, 0.29) is 0 Å². The van der Waals surface area contributed by atoms with Gasteiger partial charge in [-0.15, -0.1) is 0 Å². The molecule has 0 atom stereocenters. The van der Waals surface area contributed by atoms with Crippen molar-refractivity contribution in [1.29, 1.82) is 0 Å². The Morgan fingerprint density at radius 1 is 1.35 bits per heavy atom. The molecular formula is C15H20N2. The number of hydrogen-bond acceptors (Lipinski definition) is 2. The fraction of sp³-hybridized carbons (Fsp3) is 0.333. The minimum atomic E-state index is 0.760. The molecule has 1 aliphatic heterocycles. The van der Waals surface area contributed by atoms with Gasteiger partial charge in [0, 0.05) is 18.4 Å². The Bertz CT molecular complexity index is 432. The van der Waals surface area contributed by atoms with Crippen LogP contribution in [0.1, 0.15) is 18.4 Å². The van der Waals surface area contributed by atoms with E-state index in [1.54, 1.807) is 0 Å². The topological polar surface area (TPSA) is 29.3 Å². The predicted octanol–water partition coefficient (Wildman–Crippen LogP) is 2.99. The number of rotatable bonds is 4. The Morgan fingerprint density at radius 2 is 2.24 bits per heavy atom. The van der Waals surface area contributed by atoms with Crippen molar-refractivity contribution in [2.45, 2.75) is 19.8 Å². The molecule has 0 spiro atoms. The van der Waals surface area contributed by atoms with Crippen molar-refractivity contribution in [2.24, 2.45) is 5.73 Å². The molecule has 0 aromatic heterocycles. The Kier molecular flexibility index (Phi) is 3.99. The lowest BCUT2D eigenvalue weighted by Gasteiger charge is -2.23. The van der Waals surface area contributed by atoms with Crippen LogP contribution < -0.4 is 10.6 Å². The number of allylic oxidation sites excluding steroid dienone is 2. The van der Waals surface area contributed by atoms with Crippen LogP contribution in [0.25, 0.3) is 0 Å². The smallest absolute Gasteiger partial charge is 0.0411 e. The molecule has 0 saturated heterocycles. The van der Waals surface area contributed by atoms with Crippen molar-refractivity contribution in [1.82, 2.24) is 0 Å². The van der Waals surface area contributed by atoms with E-state index in [2.05, 4.69) is 54.4 Å². The summed E-state index contributed by atoms with van der Waals surface area (Å²) >= 11 is 0. The van der Waals surface area contributed by atoms with E-state index in [1.807, 2.05) is 0 Å². The SMILES string of the molecule is Cc1cccc(N2C=C(CCCN)C=CC2)c1. The summed E-state index contributed by atoms with van der Waals surface area (Å²) in [7, 11) is 0. The molecule has 2 heteroatoms. The molecule has 1 aromatic carbocycles. The Morgan fingerprint density at radius 3 is 3.00 bits per heavy atom. The Labute approximate surface area is 103 Å². The molecule has 17 heavy (non-hydrogen) atoms. The maximum Gasteiger partial charge on any atom is 0.0411 e. The summed E-state index contributed by atoms with van der Waals surface area (Å²) in [4.78, 5) is 2.29. The molecule has 1 aliphatic rings. The number of hydrogen-bond donors (Lipinski definition) is 1. The zero-order valence-corrected chi connectivity index (χ0v) is 10.4. The number of nitrogens with two attached hydrogens (primary N) is 1. The maximum absolute atomic E-state index is 5.55. The molecule has 1 aromatic rings. The van der Waals surface area contributed by atoms with Crippen LogP contribution in [0.4, 0.5) is 5.69 Å². The lowest BCUT2D eigenvalue weighted by atomic mass is 10.1. The highest BCUT2D eigenvalue weighted by Gasteiger charge is 2.07. The van der Waals surface area contributed by atoms with Crippen LogP contribution in [0, 0.1) is 6.92 Å². The Balaban J connectivity index is 2.12. The van der Waals surface area contributed by atoms with Crippen LogP contribution in [-0.4, -0.2) is 13.1 Å². The van der Waals surface area contributed by atoms with Gasteiger partial charge in [-0.2, -0.15) is 0 Å². The lowest BCUT2D eigenvalue weighted by Crippen LogP contribution is -2.19. The van der Waals surface area contributed by atoms with Crippen LogP contribution >= 0.6 is 0 Å². The third kappa shape index (κ3) is 3.21. The van der Waals surface area contributed by atoms with Gasteiger partial charge in [0.1, 0.15) is 0 Å². The standard InChI is InChI=1S/C15H20N2/c1-13-5-2-8-15(11-13)17-10-4-7-14(12-17)6-3-9-16/h2,4-5,7-8,11-12H,3,6,9-10,16H2,1H3. The van der Waals surface area contributed by atoms with Gasteiger partial charge in [-0.25, -0.2) is 0 Å². The van der Waals surface area contributed by atoms with Crippen molar-refractivity contribution < 1.29 is 0 Å². The molecule has 0 saturated carbocycles. The van der Waals surface area contributed by atoms with E-state index in [4.69, 9.17) is 5.73 Å². The third-order valence-corrected chi connectivity index (χ3v) is 2.96. The van der Waals surface area contributed by atoms with E-state index >= 15 is 0 Å². The number of aryl methyl sites for hydroxylation is 1. The monoisotopic (exact) mass is 228 g/mol. The van der Waals surface area contributed by atoms with Gasteiger partial charge < -0.3 is 10.6 Å². The minimum Gasteiger partial charge on any atom is -0.344 e. The molecule has 90 valence electrons. The van der Waals surface area contributed by atoms with Crippen LogP contribution in [0.2, 0.25) is 0 Å². The average molecular weight is 228 g/mol. The summed E-state index contributed by atoms with van der Waals surface area (Å²) < 4.78 is 0. The average Bonchev–Trinajstić information content (AvgIpc) is 2.37. The van der Waals surface area contributed by atoms with Crippen molar-refractivity contribution in [3.05, 3.63) is 53.8 Å². The molecule has 0 radical (unpaired) electrons. The molecule has 0 aliphatic carbocycles. The van der Waals surface area contributed by atoms with Gasteiger partial charge in [-0.3, -0.25) is 0 Å². The van der Waals surface area contributed by atoms with Crippen molar-refractivity contribution >= 4 is 5.69 Å². The highest BCUT2D eigenvalue weighted by molar-refractivity contribution is 5.54. The van der Waals surface area contributed by atoms with E-state index in [0.717, 1.165) is 25.9 Å². The first kappa shape index (κ1) is 11.9. The molecule has 2 nitrogen and oxygen atoms in total. The number of benzene rings is 1. The van der Waals surface area contributed by atoms with E-state index in [0.29, 0.717) is 0 Å². The van der Waals surface area contributed by atoms with Gasteiger partial charge in [-0.1, -0.05) is 24.3 Å². The number of nitrogens with zero attached hydrogens (tertiary/aromatic N) is 1. The molecule has 0 bridgehead atoms. The van der Waals surface area contributed by atoms with Crippen LogP contribution in [-0.2, 0) is 0 Å².